The molecule has 6 heteroatoms. The van der Waals surface area contributed by atoms with Crippen molar-refractivity contribution in [2.24, 2.45) is 0 Å². The van der Waals surface area contributed by atoms with E-state index in [1.165, 1.54) is 22.5 Å². The van der Waals surface area contributed by atoms with Crippen LogP contribution in [-0.2, 0) is 13.0 Å². The molecule has 0 saturated heterocycles. The van der Waals surface area contributed by atoms with E-state index in [-0.39, 0.29) is 0 Å². The van der Waals surface area contributed by atoms with E-state index in [9.17, 15) is 9.90 Å². The van der Waals surface area contributed by atoms with Crippen LogP contribution in [0.5, 0.6) is 0 Å². The minimum atomic E-state index is -0.900. The van der Waals surface area contributed by atoms with Crippen molar-refractivity contribution in [3.63, 3.8) is 0 Å². The van der Waals surface area contributed by atoms with Gasteiger partial charge in [0.1, 0.15) is 21.3 Å². The molecule has 5 nitrogen and oxygen atoms in total. The Morgan fingerprint density at radius 3 is 2.71 bits per heavy atom. The lowest BCUT2D eigenvalue weighted by atomic mass is 9.99. The number of hydrogen-bond acceptors (Lipinski definition) is 5. The first-order chi connectivity index (χ1) is 11.5. The quantitative estimate of drug-likeness (QED) is 0.773. The molecule has 3 heterocycles. The molecule has 0 unspecified atom stereocenters. The number of aromatic carboxylic acids is 1. The Morgan fingerprint density at radius 1 is 1.21 bits per heavy atom. The Labute approximate surface area is 143 Å². The first-order valence-electron chi connectivity index (χ1n) is 7.87. The molecule has 3 aromatic rings. The summed E-state index contributed by atoms with van der Waals surface area (Å²) in [4.78, 5) is 23.9. The smallest absolute Gasteiger partial charge is 0.346 e. The number of fused-ring (bicyclic) bond motifs is 2. The second-order valence-electron chi connectivity index (χ2n) is 6.08. The standard InChI is InChI=1S/C18H17N3O2S/c1-10-14-16(19-11(2)20-17(14)24-15(10)18(22)23)21-8-7-12-5-3-4-6-13(12)9-21/h3-6H,7-9H2,1-2H3,(H,22,23). The molecule has 0 spiro atoms. The normalized spacial score (nSPS) is 14.0. The first-order valence-corrected chi connectivity index (χ1v) is 8.69. The number of aromatic nitrogens is 2. The summed E-state index contributed by atoms with van der Waals surface area (Å²) in [5.74, 6) is 0.630. The van der Waals surface area contributed by atoms with Crippen molar-refractivity contribution in [3.05, 3.63) is 51.7 Å². The number of rotatable bonds is 2. The summed E-state index contributed by atoms with van der Waals surface area (Å²) in [7, 11) is 0. The zero-order valence-electron chi connectivity index (χ0n) is 13.5. The average Bonchev–Trinajstić information content (AvgIpc) is 2.90. The highest BCUT2D eigenvalue weighted by Crippen LogP contribution is 2.37. The summed E-state index contributed by atoms with van der Waals surface area (Å²) in [6, 6.07) is 8.45. The van der Waals surface area contributed by atoms with Gasteiger partial charge in [0.25, 0.3) is 0 Å². The second kappa shape index (κ2) is 5.56. The molecule has 0 atom stereocenters. The molecule has 2 aromatic heterocycles. The van der Waals surface area contributed by atoms with E-state index in [0.717, 1.165) is 41.1 Å². The van der Waals surface area contributed by atoms with Gasteiger partial charge in [0, 0.05) is 13.1 Å². The lowest BCUT2D eigenvalue weighted by molar-refractivity contribution is 0.0701. The van der Waals surface area contributed by atoms with Crippen molar-refractivity contribution < 1.29 is 9.90 Å². The van der Waals surface area contributed by atoms with Crippen molar-refractivity contribution in [2.75, 3.05) is 11.4 Å². The predicted molar refractivity (Wildman–Crippen MR) is 95.0 cm³/mol. The summed E-state index contributed by atoms with van der Waals surface area (Å²) >= 11 is 1.23. The van der Waals surface area contributed by atoms with Crippen LogP contribution in [0, 0.1) is 13.8 Å². The molecule has 0 saturated carbocycles. The van der Waals surface area contributed by atoms with Crippen LogP contribution in [0.15, 0.2) is 24.3 Å². The van der Waals surface area contributed by atoms with Crippen LogP contribution < -0.4 is 4.90 Å². The lowest BCUT2D eigenvalue weighted by Crippen LogP contribution is -2.31. The molecule has 1 aliphatic heterocycles. The van der Waals surface area contributed by atoms with Gasteiger partial charge in [-0.05, 0) is 37.0 Å². The molecule has 1 aliphatic rings. The van der Waals surface area contributed by atoms with Crippen LogP contribution in [0.1, 0.15) is 32.2 Å². The topological polar surface area (TPSA) is 66.3 Å². The molecule has 122 valence electrons. The van der Waals surface area contributed by atoms with Crippen molar-refractivity contribution in [1.82, 2.24) is 9.97 Å². The number of anilines is 1. The average molecular weight is 339 g/mol. The number of benzene rings is 1. The van der Waals surface area contributed by atoms with Gasteiger partial charge in [-0.15, -0.1) is 11.3 Å². The maximum absolute atomic E-state index is 11.5. The van der Waals surface area contributed by atoms with Gasteiger partial charge < -0.3 is 10.0 Å². The largest absolute Gasteiger partial charge is 0.477 e. The molecular weight excluding hydrogens is 322 g/mol. The van der Waals surface area contributed by atoms with Crippen LogP contribution in [0.25, 0.3) is 10.2 Å². The van der Waals surface area contributed by atoms with E-state index < -0.39 is 5.97 Å². The minimum Gasteiger partial charge on any atom is -0.477 e. The van der Waals surface area contributed by atoms with Gasteiger partial charge in [0.05, 0.1) is 5.39 Å². The van der Waals surface area contributed by atoms with Crippen LogP contribution in [-0.4, -0.2) is 27.6 Å². The molecule has 24 heavy (non-hydrogen) atoms. The third kappa shape index (κ3) is 2.34. The van der Waals surface area contributed by atoms with Gasteiger partial charge in [-0.2, -0.15) is 0 Å². The molecule has 4 rings (SSSR count). The van der Waals surface area contributed by atoms with Gasteiger partial charge >= 0.3 is 5.97 Å². The highest BCUT2D eigenvalue weighted by atomic mass is 32.1. The molecule has 0 radical (unpaired) electrons. The van der Waals surface area contributed by atoms with Gasteiger partial charge in [-0.3, -0.25) is 0 Å². The number of aryl methyl sites for hydroxylation is 2. The van der Waals surface area contributed by atoms with E-state index >= 15 is 0 Å². The summed E-state index contributed by atoms with van der Waals surface area (Å²) in [6.45, 7) is 5.37. The zero-order chi connectivity index (χ0) is 16.8. The van der Waals surface area contributed by atoms with E-state index in [1.807, 2.05) is 13.8 Å². The van der Waals surface area contributed by atoms with Crippen molar-refractivity contribution in [1.29, 1.82) is 0 Å². The molecule has 1 aromatic carbocycles. The van der Waals surface area contributed by atoms with E-state index in [4.69, 9.17) is 0 Å². The number of nitrogens with zero attached hydrogens (tertiary/aromatic N) is 3. The Kier molecular flexibility index (Phi) is 3.49. The highest BCUT2D eigenvalue weighted by Gasteiger charge is 2.24. The second-order valence-corrected chi connectivity index (χ2v) is 7.08. The number of carboxylic acids is 1. The molecule has 0 aliphatic carbocycles. The van der Waals surface area contributed by atoms with Gasteiger partial charge in [-0.1, -0.05) is 24.3 Å². The number of thiophene rings is 1. The maximum Gasteiger partial charge on any atom is 0.346 e. The van der Waals surface area contributed by atoms with E-state index in [0.29, 0.717) is 10.7 Å². The van der Waals surface area contributed by atoms with Crippen LogP contribution in [0.4, 0.5) is 5.82 Å². The predicted octanol–water partition coefficient (Wildman–Crippen LogP) is 3.57. The zero-order valence-corrected chi connectivity index (χ0v) is 14.4. The van der Waals surface area contributed by atoms with Crippen LogP contribution >= 0.6 is 11.3 Å². The fraction of sp³-hybridized carbons (Fsp3) is 0.278. The molecule has 0 bridgehead atoms. The summed E-state index contributed by atoms with van der Waals surface area (Å²) < 4.78 is 0. The van der Waals surface area contributed by atoms with Crippen molar-refractivity contribution in [2.45, 2.75) is 26.8 Å². The fourth-order valence-corrected chi connectivity index (χ4v) is 4.39. The van der Waals surface area contributed by atoms with E-state index in [2.05, 4.69) is 39.1 Å². The molecular formula is C18H17N3O2S. The number of carboxylic acid groups (broad SMARTS) is 1. The van der Waals surface area contributed by atoms with Gasteiger partial charge in [0.15, 0.2) is 0 Å². The van der Waals surface area contributed by atoms with Crippen molar-refractivity contribution >= 4 is 33.3 Å². The Balaban J connectivity index is 1.86. The fourth-order valence-electron chi connectivity index (χ4n) is 3.33. The monoisotopic (exact) mass is 339 g/mol. The van der Waals surface area contributed by atoms with Gasteiger partial charge in [-0.25, -0.2) is 14.8 Å². The Bertz CT molecular complexity index is 964. The lowest BCUT2D eigenvalue weighted by Gasteiger charge is -2.30. The summed E-state index contributed by atoms with van der Waals surface area (Å²) in [5, 5.41) is 10.3. The number of hydrogen-bond donors (Lipinski definition) is 1. The third-order valence-corrected chi connectivity index (χ3v) is 5.68. The van der Waals surface area contributed by atoms with Crippen LogP contribution in [0.2, 0.25) is 0 Å². The van der Waals surface area contributed by atoms with E-state index in [1.54, 1.807) is 0 Å². The summed E-state index contributed by atoms with van der Waals surface area (Å²) in [6.07, 6.45) is 0.968. The molecule has 1 N–H and O–H groups in total. The Morgan fingerprint density at radius 2 is 1.96 bits per heavy atom. The highest BCUT2D eigenvalue weighted by molar-refractivity contribution is 7.20. The number of carbonyl (C=O) groups is 1. The third-order valence-electron chi connectivity index (χ3n) is 4.51. The SMILES string of the molecule is Cc1nc(N2CCc3ccccc3C2)c2c(C)c(C(=O)O)sc2n1. The summed E-state index contributed by atoms with van der Waals surface area (Å²) in [5.41, 5.74) is 3.44. The maximum atomic E-state index is 11.5. The minimum absolute atomic E-state index is 0.351. The Hall–Kier alpha value is -2.47. The first kappa shape index (κ1) is 15.1. The van der Waals surface area contributed by atoms with Crippen molar-refractivity contribution in [3.8, 4) is 0 Å². The molecule has 0 amide bonds. The van der Waals surface area contributed by atoms with Crippen LogP contribution in [0.3, 0.4) is 0 Å². The van der Waals surface area contributed by atoms with Gasteiger partial charge in [0.2, 0.25) is 0 Å². The molecule has 0 fully saturated rings.